The fourth-order valence-electron chi connectivity index (χ4n) is 3.55. The molecule has 8 nitrogen and oxygen atoms in total. The van der Waals surface area contributed by atoms with E-state index in [1.807, 2.05) is 24.4 Å². The lowest BCUT2D eigenvalue weighted by Crippen LogP contribution is -2.35. The molecule has 5 rings (SSSR count). The highest BCUT2D eigenvalue weighted by Gasteiger charge is 2.21. The maximum atomic E-state index is 12.4. The molecular formula is C17H18ClN7O. The van der Waals surface area contributed by atoms with Gasteiger partial charge in [-0.3, -0.25) is 4.57 Å². The van der Waals surface area contributed by atoms with E-state index in [-0.39, 0.29) is 24.1 Å². The van der Waals surface area contributed by atoms with E-state index in [1.54, 1.807) is 21.5 Å². The molecule has 2 N–H and O–H groups in total. The molecular weight excluding hydrogens is 354 g/mol. The highest BCUT2D eigenvalue weighted by atomic mass is 35.5. The van der Waals surface area contributed by atoms with Crippen LogP contribution in [0.3, 0.4) is 0 Å². The summed E-state index contributed by atoms with van der Waals surface area (Å²) in [7, 11) is 0. The number of imidazole rings is 1. The van der Waals surface area contributed by atoms with Crippen molar-refractivity contribution in [3.8, 4) is 11.4 Å². The lowest BCUT2D eigenvalue weighted by Gasteiger charge is -2.23. The van der Waals surface area contributed by atoms with Gasteiger partial charge in [-0.05, 0) is 31.5 Å². The van der Waals surface area contributed by atoms with Crippen molar-refractivity contribution in [2.75, 3.05) is 13.1 Å². The Balaban J connectivity index is 0.00000168. The van der Waals surface area contributed by atoms with Crippen LogP contribution in [0.5, 0.6) is 0 Å². The predicted octanol–water partition coefficient (Wildman–Crippen LogP) is 1.78. The van der Waals surface area contributed by atoms with E-state index in [0.717, 1.165) is 37.0 Å². The average molecular weight is 372 g/mol. The Morgan fingerprint density at radius 3 is 3.00 bits per heavy atom. The predicted molar refractivity (Wildman–Crippen MR) is 101 cm³/mol. The van der Waals surface area contributed by atoms with Crippen molar-refractivity contribution in [3.05, 3.63) is 47.3 Å². The fourth-order valence-corrected chi connectivity index (χ4v) is 3.55. The smallest absolute Gasteiger partial charge is 0.315 e. The second kappa shape index (κ2) is 6.54. The molecule has 4 aromatic rings. The molecule has 1 aliphatic rings. The van der Waals surface area contributed by atoms with Crippen molar-refractivity contribution in [3.63, 3.8) is 0 Å². The normalized spacial score (nSPS) is 17.5. The molecule has 0 aliphatic carbocycles. The van der Waals surface area contributed by atoms with E-state index in [4.69, 9.17) is 4.98 Å². The topological polar surface area (TPSA) is 92.9 Å². The van der Waals surface area contributed by atoms with Gasteiger partial charge in [0.15, 0.2) is 11.5 Å². The number of rotatable bonds is 2. The van der Waals surface area contributed by atoms with Crippen molar-refractivity contribution in [2.45, 2.75) is 18.9 Å². The number of pyridine rings is 1. The Labute approximate surface area is 154 Å². The number of aromatic nitrogens is 6. The zero-order valence-corrected chi connectivity index (χ0v) is 14.7. The molecule has 0 bridgehead atoms. The van der Waals surface area contributed by atoms with Crippen LogP contribution in [0.1, 0.15) is 18.9 Å². The van der Waals surface area contributed by atoms with Gasteiger partial charge in [-0.2, -0.15) is 5.10 Å². The van der Waals surface area contributed by atoms with E-state index in [2.05, 4.69) is 20.4 Å². The molecule has 1 aliphatic heterocycles. The first-order chi connectivity index (χ1) is 12.3. The number of piperidine rings is 1. The molecule has 1 saturated heterocycles. The Bertz CT molecular complexity index is 1120. The molecule has 4 aromatic heterocycles. The number of nitrogens with zero attached hydrogens (tertiary/aromatic N) is 5. The maximum Gasteiger partial charge on any atom is 0.328 e. The van der Waals surface area contributed by atoms with Gasteiger partial charge < -0.3 is 10.3 Å². The van der Waals surface area contributed by atoms with Crippen molar-refractivity contribution >= 4 is 29.1 Å². The zero-order valence-electron chi connectivity index (χ0n) is 13.9. The van der Waals surface area contributed by atoms with Crippen molar-refractivity contribution in [2.24, 2.45) is 0 Å². The largest absolute Gasteiger partial charge is 0.328 e. The number of hydrogen-bond acceptors (Lipinski definition) is 5. The number of fused-ring (bicyclic) bond motifs is 2. The summed E-state index contributed by atoms with van der Waals surface area (Å²) in [6.45, 7) is 1.78. The van der Waals surface area contributed by atoms with E-state index in [0.29, 0.717) is 17.0 Å². The first-order valence-electron chi connectivity index (χ1n) is 8.42. The Hall–Kier alpha value is -2.71. The number of hydrogen-bond donors (Lipinski definition) is 2. The molecule has 134 valence electrons. The van der Waals surface area contributed by atoms with Crippen LogP contribution >= 0.6 is 12.4 Å². The van der Waals surface area contributed by atoms with Gasteiger partial charge in [0, 0.05) is 12.7 Å². The van der Waals surface area contributed by atoms with Crippen LogP contribution in [-0.4, -0.2) is 42.2 Å². The summed E-state index contributed by atoms with van der Waals surface area (Å²) in [6, 6.07) is 5.97. The molecule has 26 heavy (non-hydrogen) atoms. The molecule has 1 atom stereocenters. The van der Waals surface area contributed by atoms with Crippen molar-refractivity contribution < 1.29 is 0 Å². The minimum atomic E-state index is -0.130. The lowest BCUT2D eigenvalue weighted by atomic mass is 10.1. The van der Waals surface area contributed by atoms with Crippen molar-refractivity contribution in [1.29, 1.82) is 0 Å². The third-order valence-corrected chi connectivity index (χ3v) is 4.76. The molecule has 0 radical (unpaired) electrons. The summed E-state index contributed by atoms with van der Waals surface area (Å²) in [6.07, 6.45) is 7.34. The number of nitrogens with one attached hydrogen (secondary N) is 2. The molecule has 5 heterocycles. The summed E-state index contributed by atoms with van der Waals surface area (Å²) in [5.41, 5.74) is 2.97. The Morgan fingerprint density at radius 1 is 1.23 bits per heavy atom. The van der Waals surface area contributed by atoms with Gasteiger partial charge in [0.25, 0.3) is 0 Å². The second-order valence-electron chi connectivity index (χ2n) is 6.32. The average Bonchev–Trinajstić information content (AvgIpc) is 3.22. The first kappa shape index (κ1) is 16.7. The summed E-state index contributed by atoms with van der Waals surface area (Å²) >= 11 is 0. The van der Waals surface area contributed by atoms with Crippen molar-refractivity contribution in [1.82, 2.24) is 34.4 Å². The molecule has 0 unspecified atom stereocenters. The standard InChI is InChI=1S/C17H17N7O.ClH/c25-17-21-13-10-19-15(12-9-20-23-7-2-1-5-14(12)23)22-16(13)24(17)11-4-3-6-18-8-11;/h1-2,5,7,9-11,18H,3-4,6,8H2,(H,21,25);1H/t11-;/m0./s1. The summed E-state index contributed by atoms with van der Waals surface area (Å²) in [4.78, 5) is 24.5. The van der Waals surface area contributed by atoms with Gasteiger partial charge in [-0.25, -0.2) is 19.3 Å². The number of H-pyrrole nitrogens is 1. The van der Waals surface area contributed by atoms with Gasteiger partial charge >= 0.3 is 5.69 Å². The molecule has 0 spiro atoms. The minimum Gasteiger partial charge on any atom is -0.315 e. The monoisotopic (exact) mass is 371 g/mol. The van der Waals surface area contributed by atoms with Gasteiger partial charge in [0.05, 0.1) is 29.5 Å². The van der Waals surface area contributed by atoms with Gasteiger partial charge in [-0.15, -0.1) is 12.4 Å². The van der Waals surface area contributed by atoms with Crippen LogP contribution in [0, 0.1) is 0 Å². The van der Waals surface area contributed by atoms with Crippen LogP contribution in [0.2, 0.25) is 0 Å². The van der Waals surface area contributed by atoms with E-state index in [1.165, 1.54) is 0 Å². The van der Waals surface area contributed by atoms with Gasteiger partial charge in [0.2, 0.25) is 0 Å². The fraction of sp³-hybridized carbons (Fsp3) is 0.294. The lowest BCUT2D eigenvalue weighted by molar-refractivity contribution is 0.370. The molecule has 9 heteroatoms. The van der Waals surface area contributed by atoms with Crippen LogP contribution < -0.4 is 11.0 Å². The molecule has 0 amide bonds. The van der Waals surface area contributed by atoms with E-state index >= 15 is 0 Å². The number of halogens is 1. The quantitative estimate of drug-likeness (QED) is 0.560. The summed E-state index contributed by atoms with van der Waals surface area (Å²) in [5, 5.41) is 7.69. The highest BCUT2D eigenvalue weighted by Crippen LogP contribution is 2.24. The maximum absolute atomic E-state index is 12.4. The van der Waals surface area contributed by atoms with Gasteiger partial charge in [-0.1, -0.05) is 6.07 Å². The van der Waals surface area contributed by atoms with Gasteiger partial charge in [0.1, 0.15) is 5.52 Å². The van der Waals surface area contributed by atoms with Crippen LogP contribution in [0.25, 0.3) is 28.1 Å². The Kier molecular flexibility index (Phi) is 4.21. The third kappa shape index (κ3) is 2.58. The third-order valence-electron chi connectivity index (χ3n) is 4.76. The zero-order chi connectivity index (χ0) is 16.8. The SMILES string of the molecule is Cl.O=c1[nH]c2cnc(-c3cnn4ccccc34)nc2n1[C@H]1CCCNC1. The minimum absolute atomic E-state index is 0. The highest BCUT2D eigenvalue weighted by molar-refractivity contribution is 5.85. The van der Waals surface area contributed by atoms with Crippen LogP contribution in [0.4, 0.5) is 0 Å². The summed E-state index contributed by atoms with van der Waals surface area (Å²) in [5.74, 6) is 0.574. The Morgan fingerprint density at radius 2 is 2.15 bits per heavy atom. The molecule has 0 aromatic carbocycles. The summed E-state index contributed by atoms with van der Waals surface area (Å²) < 4.78 is 3.55. The second-order valence-corrected chi connectivity index (χ2v) is 6.32. The van der Waals surface area contributed by atoms with Crippen LogP contribution in [0.15, 0.2) is 41.6 Å². The first-order valence-corrected chi connectivity index (χ1v) is 8.42. The molecule has 0 saturated carbocycles. The molecule has 1 fully saturated rings. The van der Waals surface area contributed by atoms with E-state index < -0.39 is 0 Å². The van der Waals surface area contributed by atoms with Crippen LogP contribution in [-0.2, 0) is 0 Å². The van der Waals surface area contributed by atoms with E-state index in [9.17, 15) is 4.79 Å². The number of aromatic amines is 1.